The normalized spacial score (nSPS) is 21.5. The standard InChI is InChI=1S/C17H16O7/c1-11(18)22-9-8-14-15(20)17(16(21)23-14,24-12(2)19)10-13-6-4-3-5-7-13/h3-8H,9-10H2,1-2H3/b14-8-/t17-/m1/s1. The molecule has 1 aromatic rings. The SMILES string of the molecule is CC(=O)OC/C=C1\OC(=O)[C@](Cc2ccccc2)(OC(C)=O)C1=O. The third-order valence-corrected chi connectivity index (χ3v) is 3.29. The Morgan fingerprint density at radius 3 is 2.38 bits per heavy atom. The Bertz CT molecular complexity index is 705. The second-order valence-electron chi connectivity index (χ2n) is 5.17. The summed E-state index contributed by atoms with van der Waals surface area (Å²) < 4.78 is 14.7. The van der Waals surface area contributed by atoms with Crippen molar-refractivity contribution in [1.82, 2.24) is 0 Å². The fourth-order valence-corrected chi connectivity index (χ4v) is 2.29. The number of ether oxygens (including phenoxy) is 3. The van der Waals surface area contributed by atoms with Crippen molar-refractivity contribution in [2.45, 2.75) is 25.9 Å². The summed E-state index contributed by atoms with van der Waals surface area (Å²) in [6.45, 7) is 2.08. The first-order valence-electron chi connectivity index (χ1n) is 7.19. The molecule has 0 spiro atoms. The van der Waals surface area contributed by atoms with Gasteiger partial charge >= 0.3 is 17.9 Å². The highest BCUT2D eigenvalue weighted by Crippen LogP contribution is 2.32. The van der Waals surface area contributed by atoms with Crippen molar-refractivity contribution in [3.63, 3.8) is 0 Å². The van der Waals surface area contributed by atoms with Crippen LogP contribution in [0.2, 0.25) is 0 Å². The van der Waals surface area contributed by atoms with Crippen LogP contribution in [0.4, 0.5) is 0 Å². The summed E-state index contributed by atoms with van der Waals surface area (Å²) in [6, 6.07) is 8.65. The smallest absolute Gasteiger partial charge is 0.364 e. The topological polar surface area (TPSA) is 96.0 Å². The molecule has 2 rings (SSSR count). The van der Waals surface area contributed by atoms with Crippen LogP contribution in [0.3, 0.4) is 0 Å². The highest BCUT2D eigenvalue weighted by Gasteiger charge is 2.58. The molecule has 0 radical (unpaired) electrons. The van der Waals surface area contributed by atoms with Gasteiger partial charge in [-0.15, -0.1) is 0 Å². The molecule has 0 aliphatic carbocycles. The average molecular weight is 332 g/mol. The van der Waals surface area contributed by atoms with E-state index in [0.29, 0.717) is 5.56 Å². The molecule has 1 aliphatic rings. The highest BCUT2D eigenvalue weighted by molar-refractivity contribution is 6.21. The summed E-state index contributed by atoms with van der Waals surface area (Å²) in [4.78, 5) is 47.1. The van der Waals surface area contributed by atoms with Gasteiger partial charge in [-0.25, -0.2) is 4.79 Å². The maximum Gasteiger partial charge on any atom is 0.364 e. The molecule has 1 saturated heterocycles. The molecule has 7 nitrogen and oxygen atoms in total. The van der Waals surface area contributed by atoms with Crippen molar-refractivity contribution in [2.24, 2.45) is 0 Å². The number of Topliss-reactive ketones (excluding diaryl/α,β-unsaturated/α-hetero) is 1. The molecule has 0 aromatic heterocycles. The molecule has 0 unspecified atom stereocenters. The van der Waals surface area contributed by atoms with Crippen LogP contribution in [0.25, 0.3) is 0 Å². The molecule has 126 valence electrons. The van der Waals surface area contributed by atoms with E-state index in [1.807, 2.05) is 0 Å². The van der Waals surface area contributed by atoms with Crippen molar-refractivity contribution < 1.29 is 33.4 Å². The molecule has 0 bridgehead atoms. The van der Waals surface area contributed by atoms with Gasteiger partial charge in [0, 0.05) is 20.3 Å². The summed E-state index contributed by atoms with van der Waals surface area (Å²) in [5.74, 6) is -3.38. The number of esters is 3. The summed E-state index contributed by atoms with van der Waals surface area (Å²) in [5.41, 5.74) is -1.43. The Morgan fingerprint density at radius 1 is 1.12 bits per heavy atom. The fourth-order valence-electron chi connectivity index (χ4n) is 2.29. The number of hydrogen-bond acceptors (Lipinski definition) is 7. The zero-order chi connectivity index (χ0) is 17.7. The van der Waals surface area contributed by atoms with Gasteiger partial charge in [0.25, 0.3) is 11.4 Å². The van der Waals surface area contributed by atoms with Crippen molar-refractivity contribution in [2.75, 3.05) is 6.61 Å². The molecule has 1 aromatic carbocycles. The van der Waals surface area contributed by atoms with Crippen LogP contribution in [0.1, 0.15) is 19.4 Å². The Balaban J connectivity index is 2.32. The van der Waals surface area contributed by atoms with E-state index in [-0.39, 0.29) is 18.8 Å². The van der Waals surface area contributed by atoms with Gasteiger partial charge in [0.05, 0.1) is 0 Å². The average Bonchev–Trinajstić information content (AvgIpc) is 2.72. The molecule has 0 amide bonds. The van der Waals surface area contributed by atoms with E-state index in [0.717, 1.165) is 13.0 Å². The molecular formula is C17H16O7. The van der Waals surface area contributed by atoms with Gasteiger partial charge in [0.1, 0.15) is 6.61 Å². The number of carbonyl (C=O) groups is 4. The van der Waals surface area contributed by atoms with Crippen molar-refractivity contribution >= 4 is 23.7 Å². The summed E-state index contributed by atoms with van der Waals surface area (Å²) >= 11 is 0. The van der Waals surface area contributed by atoms with Crippen LogP contribution in [0.5, 0.6) is 0 Å². The zero-order valence-electron chi connectivity index (χ0n) is 13.2. The minimum atomic E-state index is -2.06. The van der Waals surface area contributed by atoms with E-state index in [2.05, 4.69) is 4.74 Å². The number of rotatable bonds is 5. The van der Waals surface area contributed by atoms with E-state index in [1.54, 1.807) is 30.3 Å². The largest absolute Gasteiger partial charge is 0.461 e. The van der Waals surface area contributed by atoms with Crippen LogP contribution in [0, 0.1) is 0 Å². The van der Waals surface area contributed by atoms with E-state index in [1.165, 1.54) is 6.92 Å². The molecular weight excluding hydrogens is 316 g/mol. The maximum atomic E-state index is 12.6. The molecule has 1 aliphatic heterocycles. The number of hydrogen-bond donors (Lipinski definition) is 0. The molecule has 24 heavy (non-hydrogen) atoms. The molecule has 1 atom stereocenters. The van der Waals surface area contributed by atoms with E-state index >= 15 is 0 Å². The van der Waals surface area contributed by atoms with Crippen LogP contribution >= 0.6 is 0 Å². The van der Waals surface area contributed by atoms with Gasteiger partial charge in [-0.1, -0.05) is 30.3 Å². The first kappa shape index (κ1) is 17.4. The predicted molar refractivity (Wildman–Crippen MR) is 80.5 cm³/mol. The van der Waals surface area contributed by atoms with E-state index < -0.39 is 29.3 Å². The number of ketones is 1. The summed E-state index contributed by atoms with van der Waals surface area (Å²) in [5, 5.41) is 0. The lowest BCUT2D eigenvalue weighted by Gasteiger charge is -2.22. The van der Waals surface area contributed by atoms with E-state index in [4.69, 9.17) is 9.47 Å². The number of carbonyl (C=O) groups excluding carboxylic acids is 4. The Hall–Kier alpha value is -2.96. The minimum Gasteiger partial charge on any atom is -0.461 e. The number of cyclic esters (lactones) is 1. The van der Waals surface area contributed by atoms with Crippen LogP contribution < -0.4 is 0 Å². The van der Waals surface area contributed by atoms with Crippen LogP contribution in [0.15, 0.2) is 42.2 Å². The first-order chi connectivity index (χ1) is 11.3. The summed E-state index contributed by atoms with van der Waals surface area (Å²) in [7, 11) is 0. The lowest BCUT2D eigenvalue weighted by Crippen LogP contribution is -2.47. The van der Waals surface area contributed by atoms with Gasteiger partial charge in [-0.3, -0.25) is 14.4 Å². The minimum absolute atomic E-state index is 0.143. The molecule has 0 N–H and O–H groups in total. The second-order valence-corrected chi connectivity index (χ2v) is 5.17. The molecule has 0 saturated carbocycles. The Morgan fingerprint density at radius 2 is 1.79 bits per heavy atom. The van der Waals surface area contributed by atoms with E-state index in [9.17, 15) is 19.2 Å². The van der Waals surface area contributed by atoms with Gasteiger partial charge in [-0.2, -0.15) is 0 Å². The third kappa shape index (κ3) is 3.68. The molecule has 1 fully saturated rings. The van der Waals surface area contributed by atoms with Gasteiger partial charge in [0.15, 0.2) is 5.76 Å². The van der Waals surface area contributed by atoms with Crippen LogP contribution in [-0.4, -0.2) is 35.9 Å². The highest BCUT2D eigenvalue weighted by atomic mass is 16.6. The lowest BCUT2D eigenvalue weighted by molar-refractivity contribution is -0.173. The quantitative estimate of drug-likeness (QED) is 0.345. The number of benzene rings is 1. The maximum absolute atomic E-state index is 12.6. The predicted octanol–water partition coefficient (Wildman–Crippen LogP) is 1.10. The third-order valence-electron chi connectivity index (χ3n) is 3.29. The Kier molecular flexibility index (Phi) is 5.13. The summed E-state index contributed by atoms with van der Waals surface area (Å²) in [6.07, 6.45) is 1.02. The second kappa shape index (κ2) is 7.08. The van der Waals surface area contributed by atoms with Crippen molar-refractivity contribution in [1.29, 1.82) is 0 Å². The molecule has 1 heterocycles. The fraction of sp³-hybridized carbons (Fsp3) is 0.294. The van der Waals surface area contributed by atoms with Crippen molar-refractivity contribution in [3.05, 3.63) is 47.7 Å². The van der Waals surface area contributed by atoms with Crippen molar-refractivity contribution in [3.8, 4) is 0 Å². The van der Waals surface area contributed by atoms with Gasteiger partial charge in [0.2, 0.25) is 0 Å². The zero-order valence-corrected chi connectivity index (χ0v) is 13.2. The van der Waals surface area contributed by atoms with Crippen LogP contribution in [-0.2, 0) is 39.8 Å². The molecule has 7 heteroatoms. The lowest BCUT2D eigenvalue weighted by atomic mass is 9.90. The van der Waals surface area contributed by atoms with Gasteiger partial charge in [-0.05, 0) is 11.6 Å². The first-order valence-corrected chi connectivity index (χ1v) is 7.19. The monoisotopic (exact) mass is 332 g/mol. The van der Waals surface area contributed by atoms with Gasteiger partial charge < -0.3 is 14.2 Å². The Labute approximate surface area is 138 Å².